The lowest BCUT2D eigenvalue weighted by Gasteiger charge is -2.20. The molecule has 0 saturated heterocycles. The molecule has 1 N–H and O–H groups in total. The van der Waals surface area contributed by atoms with Crippen LogP contribution in [0.2, 0.25) is 5.02 Å². The third kappa shape index (κ3) is 2.46. The molecule has 0 aliphatic heterocycles. The molecular formula is C11H14ClFO. The van der Waals surface area contributed by atoms with Crippen molar-refractivity contribution < 1.29 is 9.50 Å². The van der Waals surface area contributed by atoms with Crippen LogP contribution in [0.25, 0.3) is 0 Å². The van der Waals surface area contributed by atoms with E-state index in [9.17, 15) is 9.50 Å². The predicted molar refractivity (Wildman–Crippen MR) is 56.2 cm³/mol. The normalized spacial score (nSPS) is 14.1. The van der Waals surface area contributed by atoms with Crippen LogP contribution in [0, 0.1) is 0 Å². The Kier molecular flexibility index (Phi) is 3.17. The standard InChI is InChI=1S/C11H14ClFO/c1-7(13)8-4-5-9(10(12)6-8)11(2,3)14/h4-7,14H,1-3H3. The molecule has 0 heterocycles. The highest BCUT2D eigenvalue weighted by atomic mass is 35.5. The maximum atomic E-state index is 12.9. The number of aliphatic hydroxyl groups is 1. The number of hydrogen-bond acceptors (Lipinski definition) is 1. The Hall–Kier alpha value is -0.600. The second kappa shape index (κ2) is 3.87. The highest BCUT2D eigenvalue weighted by Crippen LogP contribution is 2.30. The van der Waals surface area contributed by atoms with Gasteiger partial charge in [0.1, 0.15) is 6.17 Å². The lowest BCUT2D eigenvalue weighted by atomic mass is 9.96. The zero-order valence-corrected chi connectivity index (χ0v) is 9.27. The molecule has 0 aliphatic carbocycles. The van der Waals surface area contributed by atoms with Crippen molar-refractivity contribution in [1.29, 1.82) is 0 Å². The van der Waals surface area contributed by atoms with E-state index < -0.39 is 11.8 Å². The zero-order chi connectivity index (χ0) is 10.9. The van der Waals surface area contributed by atoms with Gasteiger partial charge in [0.15, 0.2) is 0 Å². The molecule has 0 aromatic heterocycles. The maximum Gasteiger partial charge on any atom is 0.122 e. The van der Waals surface area contributed by atoms with E-state index in [1.807, 2.05) is 0 Å². The first-order chi connectivity index (χ1) is 6.32. The van der Waals surface area contributed by atoms with Gasteiger partial charge in [-0.1, -0.05) is 23.7 Å². The number of halogens is 2. The summed E-state index contributed by atoms with van der Waals surface area (Å²) in [7, 11) is 0. The topological polar surface area (TPSA) is 20.2 Å². The van der Waals surface area contributed by atoms with E-state index in [0.717, 1.165) is 0 Å². The van der Waals surface area contributed by atoms with Crippen LogP contribution in [0.3, 0.4) is 0 Å². The van der Waals surface area contributed by atoms with Gasteiger partial charge in [0, 0.05) is 10.6 Å². The van der Waals surface area contributed by atoms with Gasteiger partial charge in [-0.15, -0.1) is 0 Å². The number of hydrogen-bond donors (Lipinski definition) is 1. The van der Waals surface area contributed by atoms with E-state index in [-0.39, 0.29) is 0 Å². The van der Waals surface area contributed by atoms with Crippen LogP contribution in [0.4, 0.5) is 4.39 Å². The fraction of sp³-hybridized carbons (Fsp3) is 0.455. The number of benzene rings is 1. The summed E-state index contributed by atoms with van der Waals surface area (Å²) in [5.74, 6) is 0. The predicted octanol–water partition coefficient (Wildman–Crippen LogP) is 3.60. The van der Waals surface area contributed by atoms with Crippen molar-refractivity contribution in [2.45, 2.75) is 32.5 Å². The van der Waals surface area contributed by atoms with E-state index in [2.05, 4.69) is 0 Å². The van der Waals surface area contributed by atoms with Gasteiger partial charge in [-0.05, 0) is 32.4 Å². The van der Waals surface area contributed by atoms with E-state index in [1.165, 1.54) is 6.92 Å². The minimum Gasteiger partial charge on any atom is -0.386 e. The summed E-state index contributed by atoms with van der Waals surface area (Å²) in [5, 5.41) is 10.1. The molecule has 0 bridgehead atoms. The van der Waals surface area contributed by atoms with E-state index in [4.69, 9.17) is 11.6 Å². The first-order valence-corrected chi connectivity index (χ1v) is 4.86. The Labute approximate surface area is 88.5 Å². The zero-order valence-electron chi connectivity index (χ0n) is 8.51. The van der Waals surface area contributed by atoms with Crippen LogP contribution in [0.5, 0.6) is 0 Å². The second-order valence-corrected chi connectivity index (χ2v) is 4.32. The number of alkyl halides is 1. The maximum absolute atomic E-state index is 12.9. The van der Waals surface area contributed by atoms with Crippen molar-refractivity contribution in [1.82, 2.24) is 0 Å². The number of rotatable bonds is 2. The van der Waals surface area contributed by atoms with Crippen LogP contribution in [-0.4, -0.2) is 5.11 Å². The van der Waals surface area contributed by atoms with Gasteiger partial charge in [0.2, 0.25) is 0 Å². The first kappa shape index (κ1) is 11.5. The van der Waals surface area contributed by atoms with Crippen molar-refractivity contribution in [2.75, 3.05) is 0 Å². The minimum atomic E-state index is -1.04. The molecule has 0 amide bonds. The van der Waals surface area contributed by atoms with Crippen LogP contribution in [0.15, 0.2) is 18.2 Å². The molecule has 1 rings (SSSR count). The Balaban J connectivity index is 3.15. The Morgan fingerprint density at radius 3 is 2.36 bits per heavy atom. The SMILES string of the molecule is CC(F)c1ccc(C(C)(C)O)c(Cl)c1. The lowest BCUT2D eigenvalue weighted by Crippen LogP contribution is -2.16. The van der Waals surface area contributed by atoms with Crippen molar-refractivity contribution in [3.63, 3.8) is 0 Å². The fourth-order valence-electron chi connectivity index (χ4n) is 1.27. The van der Waals surface area contributed by atoms with Crippen LogP contribution in [0.1, 0.15) is 38.1 Å². The Morgan fingerprint density at radius 2 is 2.00 bits per heavy atom. The average Bonchev–Trinajstić information content (AvgIpc) is 2.01. The molecule has 1 aromatic rings. The van der Waals surface area contributed by atoms with E-state index >= 15 is 0 Å². The molecule has 3 heteroatoms. The van der Waals surface area contributed by atoms with Crippen molar-refractivity contribution >= 4 is 11.6 Å². The minimum absolute atomic E-state index is 0.402. The summed E-state index contributed by atoms with van der Waals surface area (Å²) in [6.45, 7) is 4.74. The molecule has 0 saturated carbocycles. The smallest absolute Gasteiger partial charge is 0.122 e. The molecular weight excluding hydrogens is 203 g/mol. The first-order valence-electron chi connectivity index (χ1n) is 4.48. The lowest BCUT2D eigenvalue weighted by molar-refractivity contribution is 0.0786. The quantitative estimate of drug-likeness (QED) is 0.801. The summed E-state index contributed by atoms with van der Waals surface area (Å²) in [4.78, 5) is 0. The molecule has 0 fully saturated rings. The molecule has 0 aliphatic rings. The molecule has 1 atom stereocenters. The highest BCUT2D eigenvalue weighted by Gasteiger charge is 2.19. The van der Waals surface area contributed by atoms with Gasteiger partial charge in [0.05, 0.1) is 5.60 Å². The van der Waals surface area contributed by atoms with Crippen LogP contribution >= 0.6 is 11.6 Å². The third-order valence-corrected chi connectivity index (χ3v) is 2.42. The summed E-state index contributed by atoms with van der Waals surface area (Å²) in [6, 6.07) is 4.86. The van der Waals surface area contributed by atoms with Gasteiger partial charge < -0.3 is 5.11 Å². The largest absolute Gasteiger partial charge is 0.386 e. The van der Waals surface area contributed by atoms with E-state index in [0.29, 0.717) is 16.1 Å². The molecule has 78 valence electrons. The Bertz CT molecular complexity index is 329. The van der Waals surface area contributed by atoms with Gasteiger partial charge in [-0.25, -0.2) is 4.39 Å². The fourth-order valence-corrected chi connectivity index (χ4v) is 1.70. The average molecular weight is 217 g/mol. The van der Waals surface area contributed by atoms with E-state index in [1.54, 1.807) is 32.0 Å². The third-order valence-electron chi connectivity index (χ3n) is 2.11. The Morgan fingerprint density at radius 1 is 1.43 bits per heavy atom. The monoisotopic (exact) mass is 216 g/mol. The van der Waals surface area contributed by atoms with Crippen molar-refractivity contribution in [3.8, 4) is 0 Å². The summed E-state index contributed by atoms with van der Waals surface area (Å²) in [6.07, 6.45) is -1.04. The second-order valence-electron chi connectivity index (χ2n) is 3.91. The van der Waals surface area contributed by atoms with Crippen molar-refractivity contribution in [2.24, 2.45) is 0 Å². The molecule has 0 radical (unpaired) electrons. The van der Waals surface area contributed by atoms with Crippen LogP contribution < -0.4 is 0 Å². The van der Waals surface area contributed by atoms with Crippen molar-refractivity contribution in [3.05, 3.63) is 34.3 Å². The summed E-state index contributed by atoms with van der Waals surface area (Å²) in [5.41, 5.74) is 0.154. The van der Waals surface area contributed by atoms with Crippen LogP contribution in [-0.2, 0) is 5.60 Å². The van der Waals surface area contributed by atoms with Gasteiger partial charge in [-0.3, -0.25) is 0 Å². The summed E-state index contributed by atoms with van der Waals surface area (Å²) < 4.78 is 12.9. The molecule has 1 unspecified atom stereocenters. The molecule has 1 nitrogen and oxygen atoms in total. The summed E-state index contributed by atoms with van der Waals surface area (Å²) >= 11 is 5.93. The molecule has 1 aromatic carbocycles. The van der Waals surface area contributed by atoms with Gasteiger partial charge in [-0.2, -0.15) is 0 Å². The van der Waals surface area contributed by atoms with Gasteiger partial charge >= 0.3 is 0 Å². The highest BCUT2D eigenvalue weighted by molar-refractivity contribution is 6.31. The van der Waals surface area contributed by atoms with Gasteiger partial charge in [0.25, 0.3) is 0 Å². The molecule has 0 spiro atoms. The molecule has 14 heavy (non-hydrogen) atoms.